The topological polar surface area (TPSA) is 75.5 Å². The number of para-hydroxylation sites is 1. The van der Waals surface area contributed by atoms with E-state index in [1.54, 1.807) is 30.0 Å². The average molecular weight is 317 g/mol. The van der Waals surface area contributed by atoms with Gasteiger partial charge in [-0.05, 0) is 51.1 Å². The maximum absolute atomic E-state index is 12.7. The summed E-state index contributed by atoms with van der Waals surface area (Å²) < 4.78 is 0. The van der Waals surface area contributed by atoms with Gasteiger partial charge in [-0.3, -0.25) is 14.9 Å². The minimum atomic E-state index is -0.452. The first-order valence-corrected chi connectivity index (χ1v) is 8.33. The molecule has 3 rings (SSSR count). The van der Waals surface area contributed by atoms with Crippen LogP contribution in [0.15, 0.2) is 18.2 Å². The quantitative estimate of drug-likeness (QED) is 0.669. The van der Waals surface area contributed by atoms with Crippen LogP contribution in [0.1, 0.15) is 41.6 Å². The molecular weight excluding hydrogens is 294 g/mol. The number of rotatable bonds is 5. The van der Waals surface area contributed by atoms with Crippen LogP contribution in [0.4, 0.5) is 5.69 Å². The molecule has 1 amide bonds. The lowest BCUT2D eigenvalue weighted by Gasteiger charge is -2.32. The molecule has 0 bridgehead atoms. The number of benzene rings is 1. The van der Waals surface area contributed by atoms with Crippen LogP contribution in [0.25, 0.3) is 0 Å². The SMILES string of the molecule is Cc1cccc(C(=O)N2CCC(NCC3CC3)CC2)c1[N+](=O)[O-]. The van der Waals surface area contributed by atoms with Crippen molar-refractivity contribution in [1.82, 2.24) is 10.2 Å². The summed E-state index contributed by atoms with van der Waals surface area (Å²) in [5, 5.41) is 14.8. The molecule has 2 aliphatic rings. The highest BCUT2D eigenvalue weighted by molar-refractivity contribution is 5.98. The van der Waals surface area contributed by atoms with Crippen LogP contribution in [0.3, 0.4) is 0 Å². The van der Waals surface area contributed by atoms with Crippen LogP contribution in [-0.4, -0.2) is 41.4 Å². The Labute approximate surface area is 136 Å². The number of hydrogen-bond donors (Lipinski definition) is 1. The summed E-state index contributed by atoms with van der Waals surface area (Å²) in [4.78, 5) is 25.2. The van der Waals surface area contributed by atoms with Gasteiger partial charge in [-0.1, -0.05) is 12.1 Å². The number of carbonyl (C=O) groups excluding carboxylic acids is 1. The van der Waals surface area contributed by atoms with E-state index in [1.165, 1.54) is 12.8 Å². The van der Waals surface area contributed by atoms with Gasteiger partial charge < -0.3 is 10.2 Å². The third kappa shape index (κ3) is 3.69. The minimum Gasteiger partial charge on any atom is -0.338 e. The van der Waals surface area contributed by atoms with Gasteiger partial charge in [0, 0.05) is 24.7 Å². The van der Waals surface area contributed by atoms with E-state index in [-0.39, 0.29) is 17.2 Å². The molecule has 1 saturated heterocycles. The molecule has 124 valence electrons. The number of likely N-dealkylation sites (tertiary alicyclic amines) is 1. The second-order valence-corrected chi connectivity index (χ2v) is 6.65. The van der Waals surface area contributed by atoms with Gasteiger partial charge in [-0.25, -0.2) is 0 Å². The van der Waals surface area contributed by atoms with Crippen molar-refractivity contribution in [2.75, 3.05) is 19.6 Å². The van der Waals surface area contributed by atoms with E-state index in [4.69, 9.17) is 0 Å². The van der Waals surface area contributed by atoms with E-state index in [0.717, 1.165) is 25.3 Å². The zero-order valence-corrected chi connectivity index (χ0v) is 13.5. The van der Waals surface area contributed by atoms with Gasteiger partial charge in [-0.15, -0.1) is 0 Å². The molecule has 0 radical (unpaired) electrons. The molecule has 1 aromatic rings. The van der Waals surface area contributed by atoms with Gasteiger partial charge >= 0.3 is 0 Å². The maximum Gasteiger partial charge on any atom is 0.285 e. The fourth-order valence-corrected chi connectivity index (χ4v) is 3.19. The van der Waals surface area contributed by atoms with Crippen LogP contribution in [0.2, 0.25) is 0 Å². The third-order valence-corrected chi connectivity index (χ3v) is 4.83. The van der Waals surface area contributed by atoms with E-state index in [9.17, 15) is 14.9 Å². The second kappa shape index (κ2) is 6.66. The van der Waals surface area contributed by atoms with Crippen LogP contribution >= 0.6 is 0 Å². The Balaban J connectivity index is 1.63. The Hall–Kier alpha value is -1.95. The summed E-state index contributed by atoms with van der Waals surface area (Å²) >= 11 is 0. The zero-order chi connectivity index (χ0) is 16.4. The monoisotopic (exact) mass is 317 g/mol. The van der Waals surface area contributed by atoms with Gasteiger partial charge in [0.05, 0.1) is 4.92 Å². The highest BCUT2D eigenvalue weighted by Crippen LogP contribution is 2.28. The van der Waals surface area contributed by atoms with Crippen molar-refractivity contribution >= 4 is 11.6 Å². The summed E-state index contributed by atoms with van der Waals surface area (Å²) in [6.45, 7) is 4.07. The molecule has 1 aliphatic carbocycles. The van der Waals surface area contributed by atoms with Crippen molar-refractivity contribution in [2.45, 2.75) is 38.6 Å². The molecule has 1 heterocycles. The fourth-order valence-electron chi connectivity index (χ4n) is 3.19. The Morgan fingerprint density at radius 1 is 1.30 bits per heavy atom. The van der Waals surface area contributed by atoms with Crippen LogP contribution < -0.4 is 5.32 Å². The number of nitrogens with zero attached hydrogens (tertiary/aromatic N) is 2. The molecule has 6 nitrogen and oxygen atoms in total. The molecule has 6 heteroatoms. The maximum atomic E-state index is 12.7. The van der Waals surface area contributed by atoms with E-state index in [1.807, 2.05) is 0 Å². The number of hydrogen-bond acceptors (Lipinski definition) is 4. The fraction of sp³-hybridized carbons (Fsp3) is 0.588. The Morgan fingerprint density at radius 2 is 2.00 bits per heavy atom. The number of aryl methyl sites for hydroxylation is 1. The van der Waals surface area contributed by atoms with Gasteiger partial charge in [-0.2, -0.15) is 0 Å². The zero-order valence-electron chi connectivity index (χ0n) is 13.5. The predicted octanol–water partition coefficient (Wildman–Crippen LogP) is 2.51. The van der Waals surface area contributed by atoms with Crippen molar-refractivity contribution in [3.05, 3.63) is 39.4 Å². The van der Waals surface area contributed by atoms with Crippen molar-refractivity contribution in [1.29, 1.82) is 0 Å². The number of piperidine rings is 1. The van der Waals surface area contributed by atoms with Crippen molar-refractivity contribution in [3.8, 4) is 0 Å². The molecule has 2 fully saturated rings. The molecule has 1 aliphatic heterocycles. The Morgan fingerprint density at radius 3 is 2.61 bits per heavy atom. The van der Waals surface area contributed by atoms with E-state index in [2.05, 4.69) is 5.32 Å². The molecule has 1 N–H and O–H groups in total. The Bertz CT molecular complexity index is 605. The van der Waals surface area contributed by atoms with Crippen LogP contribution in [-0.2, 0) is 0 Å². The number of amides is 1. The summed E-state index contributed by atoms with van der Waals surface area (Å²) in [5.74, 6) is 0.630. The van der Waals surface area contributed by atoms with Crippen molar-refractivity contribution in [3.63, 3.8) is 0 Å². The smallest absolute Gasteiger partial charge is 0.285 e. The molecule has 0 spiro atoms. The lowest BCUT2D eigenvalue weighted by molar-refractivity contribution is -0.385. The largest absolute Gasteiger partial charge is 0.338 e. The highest BCUT2D eigenvalue weighted by atomic mass is 16.6. The number of nitro groups is 1. The average Bonchev–Trinajstić information content (AvgIpc) is 3.36. The number of carbonyl (C=O) groups is 1. The minimum absolute atomic E-state index is 0.0634. The predicted molar refractivity (Wildman–Crippen MR) is 87.5 cm³/mol. The molecule has 1 saturated carbocycles. The van der Waals surface area contributed by atoms with Crippen molar-refractivity contribution < 1.29 is 9.72 Å². The van der Waals surface area contributed by atoms with Crippen LogP contribution in [0, 0.1) is 23.0 Å². The Kier molecular flexibility index (Phi) is 4.61. The molecule has 23 heavy (non-hydrogen) atoms. The van der Waals surface area contributed by atoms with Gasteiger partial charge in [0.25, 0.3) is 11.6 Å². The first-order chi connectivity index (χ1) is 11.1. The summed E-state index contributed by atoms with van der Waals surface area (Å²) in [6.07, 6.45) is 4.50. The summed E-state index contributed by atoms with van der Waals surface area (Å²) in [5.41, 5.74) is 0.674. The normalized spacial score (nSPS) is 18.9. The van der Waals surface area contributed by atoms with Gasteiger partial charge in [0.15, 0.2) is 0 Å². The van der Waals surface area contributed by atoms with E-state index in [0.29, 0.717) is 24.7 Å². The van der Waals surface area contributed by atoms with Crippen molar-refractivity contribution in [2.24, 2.45) is 5.92 Å². The first-order valence-electron chi connectivity index (χ1n) is 8.33. The molecular formula is C17H23N3O3. The van der Waals surface area contributed by atoms with Gasteiger partial charge in [0.1, 0.15) is 5.56 Å². The summed E-state index contributed by atoms with van der Waals surface area (Å²) in [6, 6.07) is 5.40. The highest BCUT2D eigenvalue weighted by Gasteiger charge is 2.30. The first kappa shape index (κ1) is 15.9. The number of nitrogens with one attached hydrogen (secondary N) is 1. The summed E-state index contributed by atoms with van der Waals surface area (Å²) in [7, 11) is 0. The molecule has 0 aromatic heterocycles. The van der Waals surface area contributed by atoms with E-state index >= 15 is 0 Å². The third-order valence-electron chi connectivity index (χ3n) is 4.83. The standard InChI is InChI=1S/C17H23N3O3/c1-12-3-2-4-15(16(12)20(22)23)17(21)19-9-7-14(8-10-19)18-11-13-5-6-13/h2-4,13-14,18H,5-11H2,1H3. The number of nitro benzene ring substituents is 1. The lowest BCUT2D eigenvalue weighted by atomic mass is 10.0. The molecule has 1 aromatic carbocycles. The lowest BCUT2D eigenvalue weighted by Crippen LogP contribution is -2.45. The second-order valence-electron chi connectivity index (χ2n) is 6.65. The van der Waals surface area contributed by atoms with E-state index < -0.39 is 4.92 Å². The van der Waals surface area contributed by atoms with Gasteiger partial charge in [0.2, 0.25) is 0 Å². The van der Waals surface area contributed by atoms with Crippen LogP contribution in [0.5, 0.6) is 0 Å². The molecule has 0 atom stereocenters. The molecule has 0 unspecified atom stereocenters.